The van der Waals surface area contributed by atoms with E-state index in [0.717, 1.165) is 0 Å². The number of aliphatic hydroxyl groups is 1. The van der Waals surface area contributed by atoms with Gasteiger partial charge in [0, 0.05) is 16.7 Å². The van der Waals surface area contributed by atoms with Gasteiger partial charge < -0.3 is 9.84 Å². The van der Waals surface area contributed by atoms with Gasteiger partial charge in [0.15, 0.2) is 0 Å². The highest BCUT2D eigenvalue weighted by Crippen LogP contribution is 2.35. The highest BCUT2D eigenvalue weighted by atomic mass is 79.9. The molecule has 19 heavy (non-hydrogen) atoms. The fourth-order valence-electron chi connectivity index (χ4n) is 1.47. The minimum Gasteiger partial charge on any atom is -0.456 e. The van der Waals surface area contributed by atoms with Crippen LogP contribution in [0.4, 0.5) is 4.39 Å². The van der Waals surface area contributed by atoms with Crippen LogP contribution < -0.4 is 4.74 Å². The molecule has 0 heterocycles. The summed E-state index contributed by atoms with van der Waals surface area (Å²) >= 11 is 14.7. The fraction of sp³-hybridized carbons (Fsp3) is 0.0769. The lowest BCUT2D eigenvalue weighted by molar-refractivity contribution is 0.276. The summed E-state index contributed by atoms with van der Waals surface area (Å²) in [4.78, 5) is 0. The Bertz CT molecular complexity index is 620. The molecule has 0 aromatic heterocycles. The minimum atomic E-state index is -0.584. The van der Waals surface area contributed by atoms with Gasteiger partial charge in [0.25, 0.3) is 0 Å². The average Bonchev–Trinajstić information content (AvgIpc) is 2.37. The van der Waals surface area contributed by atoms with E-state index in [4.69, 9.17) is 27.9 Å². The van der Waals surface area contributed by atoms with Gasteiger partial charge in [0.05, 0.1) is 16.1 Å². The Balaban J connectivity index is 2.39. The first-order valence-electron chi connectivity index (χ1n) is 5.23. The van der Waals surface area contributed by atoms with Gasteiger partial charge in [-0.05, 0) is 40.2 Å². The second-order valence-corrected chi connectivity index (χ2v) is 5.41. The molecule has 0 unspecified atom stereocenters. The Kier molecular flexibility index (Phi) is 4.68. The third kappa shape index (κ3) is 3.39. The van der Waals surface area contributed by atoms with Crippen molar-refractivity contribution in [3.05, 3.63) is 56.2 Å². The van der Waals surface area contributed by atoms with Crippen LogP contribution in [-0.2, 0) is 6.61 Å². The number of rotatable bonds is 3. The summed E-state index contributed by atoms with van der Waals surface area (Å²) in [6.07, 6.45) is 0. The topological polar surface area (TPSA) is 29.5 Å². The number of halogens is 4. The molecule has 2 rings (SSSR count). The largest absolute Gasteiger partial charge is 0.456 e. The molecule has 0 amide bonds. The van der Waals surface area contributed by atoms with Gasteiger partial charge in [-0.2, -0.15) is 0 Å². The third-order valence-corrected chi connectivity index (χ3v) is 3.53. The van der Waals surface area contributed by atoms with Crippen molar-refractivity contribution in [3.8, 4) is 11.5 Å². The van der Waals surface area contributed by atoms with Crippen LogP contribution in [0, 0.1) is 5.82 Å². The van der Waals surface area contributed by atoms with Crippen molar-refractivity contribution in [2.45, 2.75) is 6.61 Å². The number of hydrogen-bond acceptors (Lipinski definition) is 2. The number of hydrogen-bond donors (Lipinski definition) is 1. The van der Waals surface area contributed by atoms with E-state index in [-0.39, 0.29) is 17.4 Å². The Morgan fingerprint density at radius 2 is 1.89 bits per heavy atom. The highest BCUT2D eigenvalue weighted by Gasteiger charge is 2.11. The van der Waals surface area contributed by atoms with Crippen LogP contribution >= 0.6 is 39.1 Å². The van der Waals surface area contributed by atoms with Crippen molar-refractivity contribution in [2.24, 2.45) is 0 Å². The first kappa shape index (κ1) is 14.6. The molecule has 6 heteroatoms. The van der Waals surface area contributed by atoms with E-state index < -0.39 is 5.82 Å². The predicted octanol–water partition coefficient (Wildman–Crippen LogP) is 5.18. The van der Waals surface area contributed by atoms with Crippen molar-refractivity contribution in [1.82, 2.24) is 0 Å². The summed E-state index contributed by atoms with van der Waals surface area (Å²) in [6, 6.07) is 7.38. The monoisotopic (exact) mass is 364 g/mol. The average molecular weight is 366 g/mol. The second kappa shape index (κ2) is 6.09. The summed E-state index contributed by atoms with van der Waals surface area (Å²) in [5.74, 6) is 0.0765. The van der Waals surface area contributed by atoms with E-state index >= 15 is 0 Å². The Labute approximate surface area is 127 Å². The van der Waals surface area contributed by atoms with Crippen LogP contribution in [0.3, 0.4) is 0 Å². The molecular formula is C13H8BrCl2FO2. The first-order chi connectivity index (χ1) is 9.01. The van der Waals surface area contributed by atoms with Crippen LogP contribution in [0.2, 0.25) is 10.0 Å². The van der Waals surface area contributed by atoms with Crippen molar-refractivity contribution >= 4 is 39.1 Å². The molecule has 0 saturated heterocycles. The van der Waals surface area contributed by atoms with Crippen LogP contribution in [0.5, 0.6) is 11.5 Å². The molecule has 0 fully saturated rings. The third-order valence-electron chi connectivity index (χ3n) is 2.39. The molecule has 0 spiro atoms. The molecule has 0 aliphatic carbocycles. The molecule has 2 aromatic rings. The van der Waals surface area contributed by atoms with Crippen LogP contribution in [0.15, 0.2) is 34.8 Å². The van der Waals surface area contributed by atoms with E-state index in [9.17, 15) is 9.50 Å². The number of ether oxygens (including phenoxy) is 1. The summed E-state index contributed by atoms with van der Waals surface area (Å²) in [5, 5.41) is 9.73. The Morgan fingerprint density at radius 3 is 2.58 bits per heavy atom. The Morgan fingerprint density at radius 1 is 1.16 bits per heavy atom. The zero-order valence-electron chi connectivity index (χ0n) is 9.46. The molecule has 2 aromatic carbocycles. The van der Waals surface area contributed by atoms with E-state index in [2.05, 4.69) is 15.9 Å². The molecule has 100 valence electrons. The number of aliphatic hydroxyl groups excluding tert-OH is 1. The highest BCUT2D eigenvalue weighted by molar-refractivity contribution is 9.10. The molecule has 0 bridgehead atoms. The van der Waals surface area contributed by atoms with Crippen LogP contribution in [0.25, 0.3) is 0 Å². The zero-order chi connectivity index (χ0) is 14.0. The summed E-state index contributed by atoms with van der Waals surface area (Å²) in [7, 11) is 0. The molecule has 2 nitrogen and oxygen atoms in total. The molecule has 0 aliphatic heterocycles. The standard InChI is InChI=1S/C13H8BrCl2FO2/c14-9-4-10(16)11(17)5-13(9)19-12-2-1-8(15)3-7(12)6-18/h1-5,18H,6H2. The maximum atomic E-state index is 13.4. The maximum absolute atomic E-state index is 13.4. The van der Waals surface area contributed by atoms with E-state index in [1.165, 1.54) is 12.1 Å². The maximum Gasteiger partial charge on any atom is 0.145 e. The Hall–Kier alpha value is -0.810. The summed E-state index contributed by atoms with van der Waals surface area (Å²) in [6.45, 7) is -0.233. The molecule has 0 aliphatic rings. The van der Waals surface area contributed by atoms with Crippen molar-refractivity contribution in [3.63, 3.8) is 0 Å². The normalized spacial score (nSPS) is 10.6. The predicted molar refractivity (Wildman–Crippen MR) is 76.6 cm³/mol. The molecule has 0 atom stereocenters. The van der Waals surface area contributed by atoms with Gasteiger partial charge in [-0.15, -0.1) is 0 Å². The van der Waals surface area contributed by atoms with E-state index in [1.54, 1.807) is 18.2 Å². The van der Waals surface area contributed by atoms with Crippen LogP contribution in [-0.4, -0.2) is 5.11 Å². The van der Waals surface area contributed by atoms with E-state index in [1.807, 2.05) is 0 Å². The van der Waals surface area contributed by atoms with Gasteiger partial charge >= 0.3 is 0 Å². The lowest BCUT2D eigenvalue weighted by Gasteiger charge is -2.12. The first-order valence-corrected chi connectivity index (χ1v) is 6.78. The SMILES string of the molecule is OCc1cc(Cl)ccc1Oc1cc(F)c(Cl)cc1Br. The quantitative estimate of drug-likeness (QED) is 0.759. The number of benzene rings is 2. The minimum absolute atomic E-state index is 0.00212. The summed E-state index contributed by atoms with van der Waals surface area (Å²) < 4.78 is 19.5. The van der Waals surface area contributed by atoms with Gasteiger partial charge in [0.1, 0.15) is 17.3 Å². The second-order valence-electron chi connectivity index (χ2n) is 3.71. The van der Waals surface area contributed by atoms with Gasteiger partial charge in [-0.25, -0.2) is 4.39 Å². The summed E-state index contributed by atoms with van der Waals surface area (Å²) in [5.41, 5.74) is 0.509. The fourth-order valence-corrected chi connectivity index (χ4v) is 2.39. The van der Waals surface area contributed by atoms with Crippen molar-refractivity contribution < 1.29 is 14.2 Å². The smallest absolute Gasteiger partial charge is 0.145 e. The lowest BCUT2D eigenvalue weighted by Crippen LogP contribution is -1.93. The molecular weight excluding hydrogens is 358 g/mol. The van der Waals surface area contributed by atoms with Gasteiger partial charge in [-0.1, -0.05) is 23.2 Å². The lowest BCUT2D eigenvalue weighted by atomic mass is 10.2. The molecule has 0 radical (unpaired) electrons. The van der Waals surface area contributed by atoms with Gasteiger partial charge in [0.2, 0.25) is 0 Å². The molecule has 0 saturated carbocycles. The zero-order valence-corrected chi connectivity index (χ0v) is 12.6. The van der Waals surface area contributed by atoms with E-state index in [0.29, 0.717) is 20.8 Å². The van der Waals surface area contributed by atoms with Gasteiger partial charge in [-0.3, -0.25) is 0 Å². The molecule has 1 N–H and O–H groups in total. The van der Waals surface area contributed by atoms with Crippen molar-refractivity contribution in [1.29, 1.82) is 0 Å². The van der Waals surface area contributed by atoms with Crippen molar-refractivity contribution in [2.75, 3.05) is 0 Å². The van der Waals surface area contributed by atoms with Crippen LogP contribution in [0.1, 0.15) is 5.56 Å².